The van der Waals surface area contributed by atoms with E-state index in [0.717, 1.165) is 0 Å². The van der Waals surface area contributed by atoms with Gasteiger partial charge in [-0.3, -0.25) is 0 Å². The van der Waals surface area contributed by atoms with Crippen LogP contribution in [0.4, 0.5) is 0 Å². The number of benzene rings is 1. The van der Waals surface area contributed by atoms with E-state index >= 15 is 0 Å². The Hall–Kier alpha value is -2.13. The van der Waals surface area contributed by atoms with E-state index in [-0.39, 0.29) is 0 Å². The molecule has 0 radical (unpaired) electrons. The average Bonchev–Trinajstić information content (AvgIpc) is 2.29. The SMILES string of the molecule is C#CCCOc1cc(OC)ccc1C#N. The van der Waals surface area contributed by atoms with Gasteiger partial charge in [-0.15, -0.1) is 12.3 Å². The van der Waals surface area contributed by atoms with Crippen molar-refractivity contribution in [1.82, 2.24) is 0 Å². The van der Waals surface area contributed by atoms with Gasteiger partial charge >= 0.3 is 0 Å². The molecule has 1 rings (SSSR count). The van der Waals surface area contributed by atoms with Crippen LogP contribution in [0.3, 0.4) is 0 Å². The molecule has 0 saturated heterocycles. The average molecular weight is 201 g/mol. The third-order valence-corrected chi connectivity index (χ3v) is 1.81. The fourth-order valence-electron chi connectivity index (χ4n) is 1.06. The lowest BCUT2D eigenvalue weighted by atomic mass is 10.2. The fourth-order valence-corrected chi connectivity index (χ4v) is 1.06. The predicted molar refractivity (Wildman–Crippen MR) is 56.7 cm³/mol. The monoisotopic (exact) mass is 201 g/mol. The zero-order valence-electron chi connectivity index (χ0n) is 8.49. The molecule has 15 heavy (non-hydrogen) atoms. The molecule has 3 nitrogen and oxygen atoms in total. The summed E-state index contributed by atoms with van der Waals surface area (Å²) in [7, 11) is 1.56. The van der Waals surface area contributed by atoms with Crippen molar-refractivity contribution >= 4 is 0 Å². The summed E-state index contributed by atoms with van der Waals surface area (Å²) in [6.07, 6.45) is 5.62. The molecule has 0 saturated carbocycles. The highest BCUT2D eigenvalue weighted by Gasteiger charge is 2.04. The highest BCUT2D eigenvalue weighted by atomic mass is 16.5. The standard InChI is InChI=1S/C12H11NO2/c1-3-4-7-15-12-8-11(14-2)6-5-10(12)9-13/h1,5-6,8H,4,7H2,2H3. The van der Waals surface area contributed by atoms with Crippen molar-refractivity contribution in [2.75, 3.05) is 13.7 Å². The van der Waals surface area contributed by atoms with E-state index < -0.39 is 0 Å². The van der Waals surface area contributed by atoms with E-state index in [4.69, 9.17) is 21.2 Å². The van der Waals surface area contributed by atoms with E-state index in [0.29, 0.717) is 30.1 Å². The molecule has 1 aromatic carbocycles. The van der Waals surface area contributed by atoms with Crippen LogP contribution < -0.4 is 9.47 Å². The Morgan fingerprint density at radius 2 is 2.27 bits per heavy atom. The van der Waals surface area contributed by atoms with Gasteiger partial charge in [0.15, 0.2) is 0 Å². The Morgan fingerprint density at radius 1 is 1.47 bits per heavy atom. The van der Waals surface area contributed by atoms with Crippen LogP contribution in [0.15, 0.2) is 18.2 Å². The lowest BCUT2D eigenvalue weighted by Crippen LogP contribution is -1.98. The number of nitrogens with zero attached hydrogens (tertiary/aromatic N) is 1. The molecule has 0 spiro atoms. The second kappa shape index (κ2) is 5.57. The van der Waals surface area contributed by atoms with Crippen LogP contribution in [0.1, 0.15) is 12.0 Å². The zero-order chi connectivity index (χ0) is 11.1. The second-order valence-electron chi connectivity index (χ2n) is 2.78. The van der Waals surface area contributed by atoms with Crippen molar-refractivity contribution in [3.63, 3.8) is 0 Å². The highest BCUT2D eigenvalue weighted by molar-refractivity contribution is 5.47. The fraction of sp³-hybridized carbons (Fsp3) is 0.250. The first-order valence-corrected chi connectivity index (χ1v) is 4.46. The maximum absolute atomic E-state index is 8.83. The molecule has 0 heterocycles. The molecule has 0 fully saturated rings. The first-order chi connectivity index (χ1) is 7.31. The van der Waals surface area contributed by atoms with Gasteiger partial charge in [0.25, 0.3) is 0 Å². The third kappa shape index (κ3) is 2.93. The van der Waals surface area contributed by atoms with Crippen molar-refractivity contribution in [3.8, 4) is 29.9 Å². The molecule has 0 aliphatic carbocycles. The van der Waals surface area contributed by atoms with Crippen LogP contribution in [0.25, 0.3) is 0 Å². The summed E-state index contributed by atoms with van der Waals surface area (Å²) in [5.41, 5.74) is 0.479. The topological polar surface area (TPSA) is 42.2 Å². The number of hydrogen-bond donors (Lipinski definition) is 0. The maximum Gasteiger partial charge on any atom is 0.140 e. The lowest BCUT2D eigenvalue weighted by Gasteiger charge is -2.07. The van der Waals surface area contributed by atoms with E-state index in [1.54, 1.807) is 25.3 Å². The summed E-state index contributed by atoms with van der Waals surface area (Å²) >= 11 is 0. The summed E-state index contributed by atoms with van der Waals surface area (Å²) in [5, 5.41) is 8.83. The molecule has 0 N–H and O–H groups in total. The summed E-state index contributed by atoms with van der Waals surface area (Å²) in [4.78, 5) is 0. The smallest absolute Gasteiger partial charge is 0.140 e. The molecule has 0 unspecified atom stereocenters. The summed E-state index contributed by atoms with van der Waals surface area (Å²) in [6.45, 7) is 0.401. The van der Waals surface area contributed by atoms with Gasteiger partial charge < -0.3 is 9.47 Å². The first kappa shape index (κ1) is 10.9. The number of nitriles is 1. The molecule has 3 heteroatoms. The molecule has 0 aromatic heterocycles. The van der Waals surface area contributed by atoms with Crippen molar-refractivity contribution in [3.05, 3.63) is 23.8 Å². The van der Waals surface area contributed by atoms with Crippen LogP contribution in [-0.2, 0) is 0 Å². The van der Waals surface area contributed by atoms with Crippen LogP contribution in [0.2, 0.25) is 0 Å². The molecule has 0 atom stereocenters. The largest absolute Gasteiger partial charge is 0.497 e. The number of rotatable bonds is 4. The quantitative estimate of drug-likeness (QED) is 0.552. The Balaban J connectivity index is 2.83. The second-order valence-corrected chi connectivity index (χ2v) is 2.78. The van der Waals surface area contributed by atoms with Gasteiger partial charge in [-0.05, 0) is 12.1 Å². The van der Waals surface area contributed by atoms with Gasteiger partial charge in [0.2, 0.25) is 0 Å². The molecule has 0 amide bonds. The molecular formula is C12H11NO2. The van der Waals surface area contributed by atoms with Crippen molar-refractivity contribution in [1.29, 1.82) is 5.26 Å². The lowest BCUT2D eigenvalue weighted by molar-refractivity contribution is 0.323. The van der Waals surface area contributed by atoms with Gasteiger partial charge in [-0.2, -0.15) is 5.26 Å². The number of methoxy groups -OCH3 is 1. The van der Waals surface area contributed by atoms with Gasteiger partial charge in [-0.25, -0.2) is 0 Å². The number of terminal acetylenes is 1. The Labute approximate surface area is 89.2 Å². The summed E-state index contributed by atoms with van der Waals surface area (Å²) in [5.74, 6) is 3.63. The Morgan fingerprint density at radius 3 is 2.87 bits per heavy atom. The van der Waals surface area contributed by atoms with Gasteiger partial charge in [0.05, 0.1) is 19.3 Å². The molecule has 0 aliphatic heterocycles. The highest BCUT2D eigenvalue weighted by Crippen LogP contribution is 2.24. The van der Waals surface area contributed by atoms with Crippen molar-refractivity contribution in [2.24, 2.45) is 0 Å². The van der Waals surface area contributed by atoms with Gasteiger partial charge in [0.1, 0.15) is 17.6 Å². The van der Waals surface area contributed by atoms with E-state index in [9.17, 15) is 0 Å². The minimum atomic E-state index is 0.401. The third-order valence-electron chi connectivity index (χ3n) is 1.81. The van der Waals surface area contributed by atoms with Crippen LogP contribution >= 0.6 is 0 Å². The summed E-state index contributed by atoms with van der Waals surface area (Å²) < 4.78 is 10.4. The zero-order valence-corrected chi connectivity index (χ0v) is 8.49. The first-order valence-electron chi connectivity index (χ1n) is 4.46. The van der Waals surface area contributed by atoms with E-state index in [1.807, 2.05) is 6.07 Å². The molecule has 0 bridgehead atoms. The van der Waals surface area contributed by atoms with Crippen molar-refractivity contribution < 1.29 is 9.47 Å². The molecular weight excluding hydrogens is 190 g/mol. The number of ether oxygens (including phenoxy) is 2. The minimum Gasteiger partial charge on any atom is -0.497 e. The maximum atomic E-state index is 8.83. The molecule has 0 aliphatic rings. The number of hydrogen-bond acceptors (Lipinski definition) is 3. The normalized spacial score (nSPS) is 8.73. The minimum absolute atomic E-state index is 0.401. The van der Waals surface area contributed by atoms with E-state index in [1.165, 1.54) is 0 Å². The van der Waals surface area contributed by atoms with Crippen LogP contribution in [0, 0.1) is 23.7 Å². The summed E-state index contributed by atoms with van der Waals surface area (Å²) in [6, 6.07) is 7.09. The molecule has 76 valence electrons. The predicted octanol–water partition coefficient (Wildman–Crippen LogP) is 1.97. The van der Waals surface area contributed by atoms with Crippen LogP contribution in [-0.4, -0.2) is 13.7 Å². The van der Waals surface area contributed by atoms with Crippen LogP contribution in [0.5, 0.6) is 11.5 Å². The van der Waals surface area contributed by atoms with E-state index in [2.05, 4.69) is 5.92 Å². The Kier molecular flexibility index (Phi) is 4.06. The molecule has 1 aromatic rings. The Bertz CT molecular complexity index is 413. The van der Waals surface area contributed by atoms with Gasteiger partial charge in [0, 0.05) is 12.5 Å². The van der Waals surface area contributed by atoms with Crippen molar-refractivity contribution in [2.45, 2.75) is 6.42 Å². The van der Waals surface area contributed by atoms with Gasteiger partial charge in [-0.1, -0.05) is 0 Å².